The van der Waals surface area contributed by atoms with Crippen LogP contribution in [0.3, 0.4) is 0 Å². The van der Waals surface area contributed by atoms with E-state index in [0.29, 0.717) is 5.88 Å². The van der Waals surface area contributed by atoms with E-state index in [-0.39, 0.29) is 23.1 Å². The van der Waals surface area contributed by atoms with Crippen LogP contribution < -0.4 is 15.6 Å². The molecule has 1 saturated carbocycles. The summed E-state index contributed by atoms with van der Waals surface area (Å²) in [5.74, 6) is 1.33. The van der Waals surface area contributed by atoms with Crippen LogP contribution in [0.25, 0.3) is 22.2 Å². The molecule has 0 bridgehead atoms. The molecule has 10 nitrogen and oxygen atoms in total. The number of aromatic nitrogens is 5. The number of ether oxygens (including phenoxy) is 1. The molecule has 1 aliphatic carbocycles. The van der Waals surface area contributed by atoms with Crippen molar-refractivity contribution in [2.75, 3.05) is 25.0 Å². The predicted molar refractivity (Wildman–Crippen MR) is 158 cm³/mol. The van der Waals surface area contributed by atoms with Crippen LogP contribution >= 0.6 is 0 Å². The molecule has 1 aromatic carbocycles. The first-order valence-electron chi connectivity index (χ1n) is 14.4. The highest BCUT2D eigenvalue weighted by molar-refractivity contribution is 5.94. The number of hydrogen-bond donors (Lipinski definition) is 1. The van der Waals surface area contributed by atoms with Crippen LogP contribution in [0.4, 0.5) is 5.82 Å². The van der Waals surface area contributed by atoms with Gasteiger partial charge in [0.15, 0.2) is 0 Å². The summed E-state index contributed by atoms with van der Waals surface area (Å²) < 4.78 is 9.60. The summed E-state index contributed by atoms with van der Waals surface area (Å²) >= 11 is 0. The molecule has 2 fully saturated rings. The lowest BCUT2D eigenvalue weighted by molar-refractivity contribution is 0.0530. The van der Waals surface area contributed by atoms with Gasteiger partial charge in [0.05, 0.1) is 23.0 Å². The Balaban J connectivity index is 1.21. The van der Waals surface area contributed by atoms with Crippen LogP contribution in [-0.2, 0) is 13.6 Å². The number of hydrogen-bond acceptors (Lipinski definition) is 8. The van der Waals surface area contributed by atoms with Crippen molar-refractivity contribution in [3.63, 3.8) is 0 Å². The molecule has 6 rings (SSSR count). The van der Waals surface area contributed by atoms with Crippen molar-refractivity contribution in [2.24, 2.45) is 12.5 Å². The van der Waals surface area contributed by atoms with Crippen molar-refractivity contribution in [1.82, 2.24) is 29.4 Å². The summed E-state index contributed by atoms with van der Waals surface area (Å²) in [6, 6.07) is 16.5. The van der Waals surface area contributed by atoms with E-state index in [2.05, 4.69) is 68.3 Å². The van der Waals surface area contributed by atoms with Gasteiger partial charge >= 0.3 is 0 Å². The lowest BCUT2D eigenvalue weighted by Gasteiger charge is -2.43. The van der Waals surface area contributed by atoms with Gasteiger partial charge in [-0.3, -0.25) is 14.4 Å². The normalized spacial score (nSPS) is 20.3. The number of rotatable bonds is 8. The van der Waals surface area contributed by atoms with Crippen molar-refractivity contribution in [1.29, 1.82) is 5.26 Å². The molecule has 1 N–H and O–H groups in total. The van der Waals surface area contributed by atoms with Gasteiger partial charge in [-0.15, -0.1) is 5.10 Å². The van der Waals surface area contributed by atoms with E-state index in [1.165, 1.54) is 16.3 Å². The highest BCUT2D eigenvalue weighted by Crippen LogP contribution is 2.37. The van der Waals surface area contributed by atoms with Gasteiger partial charge < -0.3 is 10.1 Å². The molecule has 1 saturated heterocycles. The zero-order valence-corrected chi connectivity index (χ0v) is 23.9. The third-order valence-electron chi connectivity index (χ3n) is 8.21. The minimum atomic E-state index is -0.215. The molecule has 4 aromatic rings. The van der Waals surface area contributed by atoms with Crippen LogP contribution in [0.1, 0.15) is 51.1 Å². The SMILES string of the molecule is CCNc1cc2c(cn1)c(-c1ccc(CN3CC(C)(C#N)C3)cc1)nn2[C@H]1CC[C@@H](Oc2ccc(=O)n(C)n2)CC1. The van der Waals surface area contributed by atoms with Gasteiger partial charge in [-0.25, -0.2) is 9.67 Å². The summed E-state index contributed by atoms with van der Waals surface area (Å²) in [5, 5.41) is 23.1. The number of nitrogens with one attached hydrogen (secondary N) is 1. The molecule has 41 heavy (non-hydrogen) atoms. The van der Waals surface area contributed by atoms with E-state index >= 15 is 0 Å². The monoisotopic (exact) mass is 552 g/mol. The standard InChI is InChI=1S/C31H36N8O2/c1-4-33-27-15-26-25(16-34-27)30(22-7-5-21(6-8-22)17-38-19-31(2,18-32)20-38)36-39(26)23-9-11-24(12-10-23)41-28-13-14-29(40)37(3)35-28/h5-8,13-16,23-24H,4,9-12,17,19-20H2,1-3H3,(H,33,34)/t23-,24+. The second-order valence-corrected chi connectivity index (χ2v) is 11.6. The van der Waals surface area contributed by atoms with Crippen LogP contribution in [0.2, 0.25) is 0 Å². The Bertz CT molecular complexity index is 1640. The van der Waals surface area contributed by atoms with Crippen molar-refractivity contribution in [3.05, 3.63) is 64.6 Å². The van der Waals surface area contributed by atoms with Gasteiger partial charge in [-0.2, -0.15) is 10.4 Å². The Morgan fingerprint density at radius 1 is 1.10 bits per heavy atom. The molecule has 0 radical (unpaired) electrons. The molecule has 3 aromatic heterocycles. The molecule has 0 atom stereocenters. The highest BCUT2D eigenvalue weighted by Gasteiger charge is 2.38. The lowest BCUT2D eigenvalue weighted by Crippen LogP contribution is -2.53. The molecule has 2 aliphatic rings. The van der Waals surface area contributed by atoms with E-state index in [1.807, 2.05) is 13.1 Å². The zero-order chi connectivity index (χ0) is 28.6. The molecule has 0 spiro atoms. The molecule has 0 amide bonds. The Hall–Kier alpha value is -4.23. The van der Waals surface area contributed by atoms with Gasteiger partial charge in [0.1, 0.15) is 17.6 Å². The van der Waals surface area contributed by atoms with E-state index in [9.17, 15) is 10.1 Å². The summed E-state index contributed by atoms with van der Waals surface area (Å²) in [5.41, 5.74) is 3.96. The third-order valence-corrected chi connectivity index (χ3v) is 8.21. The molecule has 1 aliphatic heterocycles. The van der Waals surface area contributed by atoms with Crippen molar-refractivity contribution in [2.45, 2.75) is 58.2 Å². The Kier molecular flexibility index (Phi) is 7.22. The predicted octanol–water partition coefficient (Wildman–Crippen LogP) is 4.53. The average molecular weight is 553 g/mol. The van der Waals surface area contributed by atoms with Gasteiger partial charge in [-0.05, 0) is 45.1 Å². The molecule has 10 heteroatoms. The third kappa shape index (κ3) is 5.55. The van der Waals surface area contributed by atoms with Gasteiger partial charge in [0, 0.05) is 68.6 Å². The zero-order valence-electron chi connectivity index (χ0n) is 23.9. The summed E-state index contributed by atoms with van der Waals surface area (Å²) in [6.07, 6.45) is 5.62. The van der Waals surface area contributed by atoms with Gasteiger partial charge in [0.25, 0.3) is 5.56 Å². The van der Waals surface area contributed by atoms with Crippen LogP contribution in [0.5, 0.6) is 5.88 Å². The Morgan fingerprint density at radius 2 is 1.85 bits per heavy atom. The van der Waals surface area contributed by atoms with Gasteiger partial charge in [0.2, 0.25) is 5.88 Å². The molecule has 0 unspecified atom stereocenters. The van der Waals surface area contributed by atoms with Crippen LogP contribution in [-0.4, -0.2) is 55.2 Å². The van der Waals surface area contributed by atoms with E-state index in [0.717, 1.165) is 79.8 Å². The van der Waals surface area contributed by atoms with Crippen molar-refractivity contribution < 1.29 is 4.74 Å². The smallest absolute Gasteiger partial charge is 0.266 e. The maximum atomic E-state index is 11.7. The Morgan fingerprint density at radius 3 is 2.54 bits per heavy atom. The first kappa shape index (κ1) is 27.0. The van der Waals surface area contributed by atoms with E-state index < -0.39 is 0 Å². The fourth-order valence-electron chi connectivity index (χ4n) is 6.07. The maximum absolute atomic E-state index is 11.7. The number of likely N-dealkylation sites (tertiary alicyclic amines) is 1. The molecular formula is C31H36N8O2. The topological polar surface area (TPSA) is 114 Å². The number of pyridine rings is 1. The number of aryl methyl sites for hydroxylation is 1. The lowest BCUT2D eigenvalue weighted by atomic mass is 9.83. The molecular weight excluding hydrogens is 516 g/mol. The number of nitrogens with zero attached hydrogens (tertiary/aromatic N) is 7. The first-order valence-corrected chi connectivity index (χ1v) is 14.4. The van der Waals surface area contributed by atoms with Crippen LogP contribution in [0.15, 0.2) is 53.5 Å². The number of fused-ring (bicyclic) bond motifs is 1. The largest absolute Gasteiger partial charge is 0.473 e. The summed E-state index contributed by atoms with van der Waals surface area (Å²) in [6.45, 7) is 7.36. The highest BCUT2D eigenvalue weighted by atomic mass is 16.5. The minimum Gasteiger partial charge on any atom is -0.473 e. The average Bonchev–Trinajstić information content (AvgIpc) is 3.34. The molecule has 212 valence electrons. The van der Waals surface area contributed by atoms with Crippen molar-refractivity contribution >= 4 is 16.7 Å². The quantitative estimate of drug-likeness (QED) is 0.339. The number of anilines is 1. The van der Waals surface area contributed by atoms with Gasteiger partial charge in [-0.1, -0.05) is 24.3 Å². The fourth-order valence-corrected chi connectivity index (χ4v) is 6.07. The van der Waals surface area contributed by atoms with E-state index in [4.69, 9.17) is 9.84 Å². The fraction of sp³-hybridized carbons (Fsp3) is 0.452. The first-order chi connectivity index (χ1) is 19.8. The number of nitriles is 1. The number of benzene rings is 1. The molecule has 4 heterocycles. The summed E-state index contributed by atoms with van der Waals surface area (Å²) in [7, 11) is 1.63. The Labute approximate surface area is 239 Å². The van der Waals surface area contributed by atoms with Crippen LogP contribution in [0, 0.1) is 16.7 Å². The van der Waals surface area contributed by atoms with E-state index in [1.54, 1.807) is 13.1 Å². The van der Waals surface area contributed by atoms with Crippen molar-refractivity contribution in [3.8, 4) is 23.2 Å². The maximum Gasteiger partial charge on any atom is 0.266 e. The second-order valence-electron chi connectivity index (χ2n) is 11.6. The summed E-state index contributed by atoms with van der Waals surface area (Å²) in [4.78, 5) is 18.6. The minimum absolute atomic E-state index is 0.0570. The second kappa shape index (κ2) is 11.0.